The molecule has 4 nitrogen and oxygen atoms in total. The van der Waals surface area contributed by atoms with Crippen LogP contribution in [-0.2, 0) is 0 Å². The van der Waals surface area contributed by atoms with Crippen molar-refractivity contribution in [2.24, 2.45) is 0 Å². The summed E-state index contributed by atoms with van der Waals surface area (Å²) < 4.78 is 32.1. The van der Waals surface area contributed by atoms with Crippen LogP contribution in [0, 0.1) is 11.6 Å². The molecule has 0 radical (unpaired) electrons. The van der Waals surface area contributed by atoms with Crippen molar-refractivity contribution < 1.29 is 18.6 Å². The first kappa shape index (κ1) is 14.9. The third-order valence-corrected chi connectivity index (χ3v) is 3.10. The molecule has 1 N–H and O–H groups in total. The van der Waals surface area contributed by atoms with Crippen molar-refractivity contribution in [1.29, 1.82) is 0 Å². The van der Waals surface area contributed by atoms with Gasteiger partial charge in [0.05, 0.1) is 12.7 Å². The highest BCUT2D eigenvalue weighted by Gasteiger charge is 2.25. The maximum Gasteiger partial charge on any atom is 0.223 e. The molecule has 0 aliphatic rings. The van der Waals surface area contributed by atoms with E-state index in [1.54, 1.807) is 0 Å². The molecule has 1 unspecified atom stereocenters. The van der Waals surface area contributed by atoms with E-state index in [0.717, 1.165) is 12.3 Å². The molecule has 0 bridgehead atoms. The highest BCUT2D eigenvalue weighted by atomic mass is 35.5. The molecule has 2 rings (SSSR count). The van der Waals surface area contributed by atoms with E-state index in [4.69, 9.17) is 27.9 Å². The van der Waals surface area contributed by atoms with E-state index in [2.05, 4.69) is 9.97 Å². The summed E-state index contributed by atoms with van der Waals surface area (Å²) in [6.07, 6.45) is -0.461. The van der Waals surface area contributed by atoms with Crippen molar-refractivity contribution in [3.05, 3.63) is 51.5 Å². The largest absolute Gasteiger partial charge is 0.496 e. The molecule has 1 atom stereocenters. The van der Waals surface area contributed by atoms with Crippen LogP contribution in [0.2, 0.25) is 10.4 Å². The fourth-order valence-electron chi connectivity index (χ4n) is 1.67. The summed E-state index contributed by atoms with van der Waals surface area (Å²) in [7, 11) is 1.27. The van der Waals surface area contributed by atoms with Gasteiger partial charge in [0.1, 0.15) is 17.0 Å². The lowest BCUT2D eigenvalue weighted by Crippen LogP contribution is -2.08. The van der Waals surface area contributed by atoms with Crippen LogP contribution < -0.4 is 4.74 Å². The Kier molecular flexibility index (Phi) is 4.37. The minimum Gasteiger partial charge on any atom is -0.496 e. The maximum atomic E-state index is 13.9. The molecule has 0 fully saturated rings. The third kappa shape index (κ3) is 2.67. The van der Waals surface area contributed by atoms with Gasteiger partial charge in [-0.3, -0.25) is 0 Å². The molecule has 0 amide bonds. The van der Waals surface area contributed by atoms with Crippen molar-refractivity contribution in [2.45, 2.75) is 6.10 Å². The molecule has 20 heavy (non-hydrogen) atoms. The van der Waals surface area contributed by atoms with Crippen LogP contribution >= 0.6 is 23.2 Å². The molecule has 0 saturated carbocycles. The van der Waals surface area contributed by atoms with Crippen LogP contribution in [-0.4, -0.2) is 22.2 Å². The predicted molar refractivity (Wildman–Crippen MR) is 69.0 cm³/mol. The van der Waals surface area contributed by atoms with Crippen LogP contribution in [0.5, 0.6) is 5.75 Å². The van der Waals surface area contributed by atoms with E-state index in [0.29, 0.717) is 0 Å². The van der Waals surface area contributed by atoms with E-state index in [9.17, 15) is 13.9 Å². The number of halogens is 4. The zero-order chi connectivity index (χ0) is 14.9. The van der Waals surface area contributed by atoms with Gasteiger partial charge in [0.2, 0.25) is 5.28 Å². The van der Waals surface area contributed by atoms with Crippen LogP contribution in [0.15, 0.2) is 18.3 Å². The number of aromatic nitrogens is 2. The zero-order valence-corrected chi connectivity index (χ0v) is 11.6. The molecule has 1 heterocycles. The number of ether oxygens (including phenoxy) is 1. The average molecular weight is 321 g/mol. The summed E-state index contributed by atoms with van der Waals surface area (Å²) in [4.78, 5) is 7.28. The van der Waals surface area contributed by atoms with Crippen LogP contribution in [0.1, 0.15) is 17.2 Å². The van der Waals surface area contributed by atoms with Crippen molar-refractivity contribution in [2.75, 3.05) is 7.11 Å². The van der Waals surface area contributed by atoms with E-state index in [-0.39, 0.29) is 27.3 Å². The number of rotatable bonds is 3. The summed E-state index contributed by atoms with van der Waals surface area (Å²) in [6.45, 7) is 0. The van der Waals surface area contributed by atoms with E-state index >= 15 is 0 Å². The minimum atomic E-state index is -1.59. The molecule has 106 valence electrons. The number of nitrogens with zero attached hydrogens (tertiary/aromatic N) is 2. The third-order valence-electron chi connectivity index (χ3n) is 2.62. The first-order valence-corrected chi connectivity index (χ1v) is 6.09. The first-order chi connectivity index (χ1) is 9.45. The molecular weight excluding hydrogens is 313 g/mol. The van der Waals surface area contributed by atoms with Crippen molar-refractivity contribution in [3.63, 3.8) is 0 Å². The van der Waals surface area contributed by atoms with Gasteiger partial charge in [-0.25, -0.2) is 18.7 Å². The van der Waals surface area contributed by atoms with E-state index < -0.39 is 17.7 Å². The Balaban J connectivity index is 2.58. The smallest absolute Gasteiger partial charge is 0.223 e. The van der Waals surface area contributed by atoms with E-state index in [1.165, 1.54) is 13.2 Å². The van der Waals surface area contributed by atoms with Gasteiger partial charge in [-0.2, -0.15) is 0 Å². The highest BCUT2D eigenvalue weighted by Crippen LogP contribution is 2.35. The Morgan fingerprint density at radius 3 is 2.60 bits per heavy atom. The number of hydrogen-bond acceptors (Lipinski definition) is 4. The molecule has 0 aliphatic carbocycles. The second-order valence-corrected chi connectivity index (χ2v) is 4.46. The van der Waals surface area contributed by atoms with Crippen LogP contribution in [0.4, 0.5) is 8.78 Å². The lowest BCUT2D eigenvalue weighted by molar-refractivity contribution is 0.206. The van der Waals surface area contributed by atoms with Crippen molar-refractivity contribution in [1.82, 2.24) is 9.97 Å². The number of benzene rings is 1. The quantitative estimate of drug-likeness (QED) is 0.697. The van der Waals surface area contributed by atoms with Crippen molar-refractivity contribution >= 4 is 23.2 Å². The standard InChI is InChI=1S/C12H8Cl2F2N2O2/c1-20-7-3-2-6(15)9(16)8(7)10(19)5-4-17-12(14)18-11(5)13/h2-4,10,19H,1H3. The van der Waals surface area contributed by atoms with Crippen molar-refractivity contribution in [3.8, 4) is 5.75 Å². The topological polar surface area (TPSA) is 55.2 Å². The van der Waals surface area contributed by atoms with E-state index in [1.807, 2.05) is 0 Å². The number of aliphatic hydroxyl groups excluding tert-OH is 1. The predicted octanol–water partition coefficient (Wildman–Crippen LogP) is 3.15. The summed E-state index contributed by atoms with van der Waals surface area (Å²) in [5.41, 5.74) is -0.404. The van der Waals surface area contributed by atoms with Gasteiger partial charge in [0.25, 0.3) is 0 Å². The van der Waals surface area contributed by atoms with Gasteiger partial charge < -0.3 is 9.84 Å². The maximum absolute atomic E-state index is 13.9. The second-order valence-electron chi connectivity index (χ2n) is 3.77. The Morgan fingerprint density at radius 2 is 2.00 bits per heavy atom. The molecule has 0 aliphatic heterocycles. The summed E-state index contributed by atoms with van der Waals surface area (Å²) in [5, 5.41) is 9.90. The molecule has 8 heteroatoms. The summed E-state index contributed by atoms with van der Waals surface area (Å²) in [6, 6.07) is 2.09. The first-order valence-electron chi connectivity index (χ1n) is 5.33. The van der Waals surface area contributed by atoms with Gasteiger partial charge in [0.15, 0.2) is 11.6 Å². The van der Waals surface area contributed by atoms with Crippen LogP contribution in [0.3, 0.4) is 0 Å². The molecular formula is C12H8Cl2F2N2O2. The lowest BCUT2D eigenvalue weighted by Gasteiger charge is -2.16. The normalized spacial score (nSPS) is 12.3. The van der Waals surface area contributed by atoms with Gasteiger partial charge >= 0.3 is 0 Å². The SMILES string of the molecule is COc1ccc(F)c(F)c1C(O)c1cnc(Cl)nc1Cl. The monoisotopic (exact) mass is 320 g/mol. The Morgan fingerprint density at radius 1 is 1.30 bits per heavy atom. The minimum absolute atomic E-state index is 0.0149. The highest BCUT2D eigenvalue weighted by molar-refractivity contribution is 6.32. The molecule has 0 spiro atoms. The summed E-state index contributed by atoms with van der Waals surface area (Å²) >= 11 is 11.3. The Hall–Kier alpha value is -1.50. The molecule has 2 aromatic rings. The number of aliphatic hydroxyl groups is 1. The van der Waals surface area contributed by atoms with Gasteiger partial charge in [-0.05, 0) is 23.7 Å². The zero-order valence-electron chi connectivity index (χ0n) is 10.1. The fraction of sp³-hybridized carbons (Fsp3) is 0.167. The fourth-order valence-corrected chi connectivity index (χ4v) is 2.08. The van der Waals surface area contributed by atoms with Crippen LogP contribution in [0.25, 0.3) is 0 Å². The Labute approximate surface area is 123 Å². The Bertz CT molecular complexity index is 656. The van der Waals surface area contributed by atoms with Gasteiger partial charge in [0, 0.05) is 11.8 Å². The summed E-state index contributed by atoms with van der Waals surface area (Å²) in [5.74, 6) is -2.38. The second kappa shape index (κ2) is 5.87. The molecule has 1 aromatic carbocycles. The molecule has 0 saturated heterocycles. The van der Waals surface area contributed by atoms with Gasteiger partial charge in [-0.1, -0.05) is 11.6 Å². The average Bonchev–Trinajstić information content (AvgIpc) is 2.41. The molecule has 1 aromatic heterocycles. The number of methoxy groups -OCH3 is 1. The number of hydrogen-bond donors (Lipinski definition) is 1. The van der Waals surface area contributed by atoms with Gasteiger partial charge in [-0.15, -0.1) is 0 Å². The lowest BCUT2D eigenvalue weighted by atomic mass is 10.0.